The highest BCUT2D eigenvalue weighted by atomic mass is 35.5. The van der Waals surface area contributed by atoms with Gasteiger partial charge in [-0.25, -0.2) is 30.9 Å². The van der Waals surface area contributed by atoms with Crippen molar-refractivity contribution < 1.29 is 58.9 Å². The Morgan fingerprint density at radius 3 is 0.706 bits per heavy atom. The van der Waals surface area contributed by atoms with Crippen molar-refractivity contribution in [3.63, 3.8) is 0 Å². The van der Waals surface area contributed by atoms with Gasteiger partial charge in [0.05, 0.1) is 65.9 Å². The molecule has 0 saturated carbocycles. The van der Waals surface area contributed by atoms with E-state index in [1.54, 1.807) is 160 Å². The second-order valence-corrected chi connectivity index (χ2v) is 39.8. The summed E-state index contributed by atoms with van der Waals surface area (Å²) in [6.45, 7) is 39.3. The molecule has 3 amide bonds. The molecule has 9 aromatic rings. The van der Waals surface area contributed by atoms with E-state index in [0.717, 1.165) is 18.2 Å². The summed E-state index contributed by atoms with van der Waals surface area (Å²) in [6.07, 6.45) is 0. The highest BCUT2D eigenvalue weighted by Crippen LogP contribution is 2.73. The highest BCUT2D eigenvalue weighted by molar-refractivity contribution is 7.48. The highest BCUT2D eigenvalue weighted by Gasteiger charge is 2.69. The van der Waals surface area contributed by atoms with E-state index in [2.05, 4.69) is 0 Å². The van der Waals surface area contributed by atoms with Crippen LogP contribution < -0.4 is 46.1 Å². The van der Waals surface area contributed by atoms with Crippen molar-refractivity contribution in [3.8, 4) is 0 Å². The van der Waals surface area contributed by atoms with Gasteiger partial charge >= 0.3 is 7.82 Å². The van der Waals surface area contributed by atoms with Gasteiger partial charge in [-0.3, -0.25) is 70.7 Å². The van der Waals surface area contributed by atoms with Gasteiger partial charge in [0, 0.05) is 84.8 Å². The summed E-state index contributed by atoms with van der Waals surface area (Å²) in [5, 5.41) is -0.947. The largest absolute Gasteiger partial charge is 0.481 e. The van der Waals surface area contributed by atoms with Crippen LogP contribution in [0.3, 0.4) is 0 Å². The van der Waals surface area contributed by atoms with Gasteiger partial charge in [0.2, 0.25) is 0 Å². The number of phosphoric ester groups is 1. The zero-order chi connectivity index (χ0) is 88.3. The van der Waals surface area contributed by atoms with E-state index in [1.807, 2.05) is 0 Å². The van der Waals surface area contributed by atoms with Crippen LogP contribution in [-0.4, -0.2) is 51.4 Å². The number of phosphoric acid groups is 1. The number of fused-ring (bicyclic) bond motifs is 3. The number of hydrogen-bond acceptors (Lipinski definition) is 13. The zero-order valence-corrected chi connectivity index (χ0v) is 74.4. The Bertz CT molecular complexity index is 5360. The standard InChI is InChI=1S/C90H99Cl3F6N9O10P/c1-49-37-55(94)25-28-67(49)100-46-103(79(112)58-40-64(97)61(91)43-73(58)100)70-31-34-76(109)106(52(70)4)88(82(7,8)9,83(10,11)12)116-119(115,117-89(84(13,14)15,85(16,17)18)107-53(5)71(32-35-77(107)110)104-47-101(68-29-26-56(95)38-50(68)2)74-44-62(92)65(98)41-59(74)80(104)113)118-90(86(19,20)21,87(22,23)24)108-54(6)72(33-36-78(108)111)105-48-102(69-30-27-57(96)39-51(69)3)75-45-63(93)66(99)42-60(75)81(105)114/h25-45H,46-48H2,1-24H3. The molecule has 3 aromatic heterocycles. The van der Waals surface area contributed by atoms with Crippen LogP contribution in [0.5, 0.6) is 0 Å². The fraction of sp³-hybridized carbons (Fsp3) is 0.400. The monoisotopic (exact) mass is 1720 g/mol. The Morgan fingerprint density at radius 2 is 0.504 bits per heavy atom. The molecule has 0 atom stereocenters. The maximum Gasteiger partial charge on any atom is 0.481 e. The van der Waals surface area contributed by atoms with E-state index >= 15 is 59.7 Å². The average molecular weight is 1720 g/mol. The normalized spacial score (nSPS) is 15.0. The van der Waals surface area contributed by atoms with Gasteiger partial charge in [0.25, 0.3) is 34.4 Å². The summed E-state index contributed by atoms with van der Waals surface area (Å²) in [5.41, 5.74) is -17.1. The second kappa shape index (κ2) is 30.3. The third-order valence-corrected chi connectivity index (χ3v) is 25.5. The van der Waals surface area contributed by atoms with Gasteiger partial charge in [-0.1, -0.05) is 159 Å². The molecule has 0 saturated heterocycles. The van der Waals surface area contributed by atoms with E-state index in [0.29, 0.717) is 33.8 Å². The smallest absolute Gasteiger partial charge is 0.322 e. The minimum atomic E-state index is -6.30. The molecule has 6 heterocycles. The van der Waals surface area contributed by atoms with E-state index in [1.165, 1.54) is 158 Å². The van der Waals surface area contributed by atoms with Crippen molar-refractivity contribution in [2.24, 2.45) is 32.5 Å². The Hall–Kier alpha value is -9.46. The molecule has 0 spiro atoms. The quantitative estimate of drug-likeness (QED) is 0.0699. The molecule has 0 unspecified atom stereocenters. The lowest BCUT2D eigenvalue weighted by Gasteiger charge is -2.60. The van der Waals surface area contributed by atoms with Crippen molar-refractivity contribution >= 4 is 112 Å². The van der Waals surface area contributed by atoms with Crippen LogP contribution in [0, 0.1) is 109 Å². The number of amides is 3. The van der Waals surface area contributed by atoms with E-state index in [9.17, 15) is 0 Å². The molecule has 3 aliphatic heterocycles. The average Bonchev–Trinajstić information content (AvgIpc) is 0.685. The molecule has 6 aromatic carbocycles. The first kappa shape index (κ1) is 88.8. The fourth-order valence-corrected chi connectivity index (χ4v) is 22.2. The zero-order valence-electron chi connectivity index (χ0n) is 71.2. The number of anilines is 9. The molecule has 3 aliphatic rings. The topological polar surface area (TPSA) is 181 Å². The SMILES string of the molecule is Cc1cc(F)ccc1N1CN(c2ccc(=O)n(C(OP(=O)(OC(n3c(C)c(N4CN(c5ccc(F)cc5C)c5cc(Cl)c(F)cc5C4=O)ccc3=O)(C(C)(C)C)C(C)(C)C)OC(n3c(C)c(N4CN(c5ccc(F)cc5C)c5cc(Cl)c(F)cc5C4=O)ccc3=O)(C(C)(C)C)C(C)(C)C)(C(C)(C)C)C(C)(C)C)c2C)C(=O)c2cc(F)c(Cl)cc21. The van der Waals surface area contributed by atoms with Crippen molar-refractivity contribution in [1.82, 2.24) is 13.7 Å². The number of carbonyl (C=O) groups excluding carboxylic acids is 3. The lowest BCUT2D eigenvalue weighted by atomic mass is 9.67. The molecule has 632 valence electrons. The summed E-state index contributed by atoms with van der Waals surface area (Å²) in [6, 6.07) is 26.6. The minimum Gasteiger partial charge on any atom is -0.322 e. The van der Waals surface area contributed by atoms with Crippen LogP contribution in [0.15, 0.2) is 142 Å². The predicted molar refractivity (Wildman–Crippen MR) is 457 cm³/mol. The first-order valence-electron chi connectivity index (χ1n) is 38.8. The van der Waals surface area contributed by atoms with Crippen LogP contribution in [0.1, 0.15) is 189 Å². The minimum absolute atomic E-state index is 0.0224. The number of benzene rings is 6. The number of rotatable bonds is 15. The summed E-state index contributed by atoms with van der Waals surface area (Å²) in [4.78, 5) is 104. The number of carbonyl (C=O) groups is 3. The van der Waals surface area contributed by atoms with Crippen molar-refractivity contribution in [1.29, 1.82) is 0 Å². The summed E-state index contributed by atoms with van der Waals surface area (Å²) in [7, 11) is -6.30. The van der Waals surface area contributed by atoms with Crippen molar-refractivity contribution in [2.45, 2.75) is 183 Å². The number of pyridine rings is 3. The third-order valence-electron chi connectivity index (χ3n) is 23.2. The van der Waals surface area contributed by atoms with Crippen molar-refractivity contribution in [2.75, 3.05) is 49.4 Å². The van der Waals surface area contributed by atoms with Gasteiger partial charge in [-0.05, 0) is 167 Å². The third kappa shape index (κ3) is 14.6. The molecule has 19 nitrogen and oxygen atoms in total. The number of halogens is 9. The van der Waals surface area contributed by atoms with Crippen LogP contribution in [0.2, 0.25) is 15.1 Å². The summed E-state index contributed by atoms with van der Waals surface area (Å²) >= 11 is 19.5. The van der Waals surface area contributed by atoms with Gasteiger partial charge in [0.15, 0.2) is 17.2 Å². The first-order valence-corrected chi connectivity index (χ1v) is 41.4. The first-order chi connectivity index (χ1) is 54.8. The molecule has 29 heteroatoms. The van der Waals surface area contributed by atoms with Crippen LogP contribution >= 0.6 is 42.6 Å². The van der Waals surface area contributed by atoms with E-state index in [-0.39, 0.29) is 103 Å². The molecule has 0 aliphatic carbocycles. The number of nitrogens with zero attached hydrogens (tertiary/aromatic N) is 9. The Labute approximate surface area is 704 Å². The number of aryl methyl sites for hydroxylation is 3. The predicted octanol–water partition coefficient (Wildman–Crippen LogP) is 22.9. The lowest BCUT2D eigenvalue weighted by Crippen LogP contribution is -2.64. The molecule has 0 bridgehead atoms. The maximum absolute atomic E-state index is 19.6. The van der Waals surface area contributed by atoms with Crippen LogP contribution in [0.4, 0.5) is 77.5 Å². The molecule has 119 heavy (non-hydrogen) atoms. The van der Waals surface area contributed by atoms with Gasteiger partial charge in [-0.2, -0.15) is 0 Å². The maximum atomic E-state index is 19.6. The molecule has 12 rings (SSSR count). The molecule has 0 fully saturated rings. The van der Waals surface area contributed by atoms with E-state index in [4.69, 9.17) is 48.4 Å². The lowest BCUT2D eigenvalue weighted by molar-refractivity contribution is -0.263. The summed E-state index contributed by atoms with van der Waals surface area (Å²) in [5.74, 6) is -6.80. The molecular formula is C90H99Cl3F6N9O10P. The Kier molecular flexibility index (Phi) is 22.6. The van der Waals surface area contributed by atoms with Gasteiger partial charge in [-0.15, -0.1) is 0 Å². The fourth-order valence-electron chi connectivity index (χ4n) is 18.8. The van der Waals surface area contributed by atoms with Crippen LogP contribution in [0.25, 0.3) is 0 Å². The summed E-state index contributed by atoms with van der Waals surface area (Å²) < 4.78 is 141. The number of hydrogen-bond donors (Lipinski definition) is 0. The van der Waals surface area contributed by atoms with Crippen LogP contribution in [-0.2, 0) is 35.3 Å². The van der Waals surface area contributed by atoms with Crippen molar-refractivity contribution in [3.05, 3.63) is 259 Å². The van der Waals surface area contributed by atoms with Gasteiger partial charge in [0.1, 0.15) is 54.9 Å². The Balaban J connectivity index is 1.17. The molecule has 0 N–H and O–H groups in total. The molecular weight excluding hydrogens is 1620 g/mol. The second-order valence-electron chi connectivity index (χ2n) is 37.1. The number of aromatic nitrogens is 3. The van der Waals surface area contributed by atoms with Gasteiger partial charge < -0.3 is 14.7 Å². The molecule has 0 radical (unpaired) electrons. The van der Waals surface area contributed by atoms with E-state index < -0.39 is 127 Å². The Morgan fingerprint density at radius 1 is 0.294 bits per heavy atom.